The Morgan fingerprint density at radius 3 is 2.48 bits per heavy atom. The first-order valence-electron chi connectivity index (χ1n) is 7.71. The minimum absolute atomic E-state index is 0.227. The summed E-state index contributed by atoms with van der Waals surface area (Å²) in [6, 6.07) is 10.1. The number of amides is 1. The van der Waals surface area contributed by atoms with Crippen molar-refractivity contribution in [3.8, 4) is 0 Å². The molecule has 1 aromatic carbocycles. The van der Waals surface area contributed by atoms with Crippen LogP contribution in [0.5, 0.6) is 0 Å². The summed E-state index contributed by atoms with van der Waals surface area (Å²) in [5, 5.41) is 0. The van der Waals surface area contributed by atoms with Crippen LogP contribution in [0.4, 0.5) is 0 Å². The molecule has 2 atom stereocenters. The lowest BCUT2D eigenvalue weighted by molar-refractivity contribution is -0.131. The van der Waals surface area contributed by atoms with Gasteiger partial charge in [-0.3, -0.25) is 4.79 Å². The molecule has 2 N–H and O–H groups in total. The molecular formula is C18H25N3O2. The SMILES string of the molecule is COC(C(N)=O)[C@@H](c1nccn1Cc1ccccc1)C(C)(C)C. The van der Waals surface area contributed by atoms with Crippen molar-refractivity contribution >= 4 is 5.91 Å². The minimum atomic E-state index is -0.716. The molecular weight excluding hydrogens is 290 g/mol. The van der Waals surface area contributed by atoms with Crippen LogP contribution < -0.4 is 5.73 Å². The van der Waals surface area contributed by atoms with Crippen molar-refractivity contribution in [1.29, 1.82) is 0 Å². The van der Waals surface area contributed by atoms with Crippen LogP contribution in [0, 0.1) is 5.41 Å². The first kappa shape index (κ1) is 17.2. The molecule has 0 saturated carbocycles. The van der Waals surface area contributed by atoms with E-state index in [1.165, 1.54) is 12.7 Å². The molecule has 0 bridgehead atoms. The molecule has 1 amide bonds. The van der Waals surface area contributed by atoms with Gasteiger partial charge in [0.05, 0.1) is 5.92 Å². The molecule has 124 valence electrons. The van der Waals surface area contributed by atoms with E-state index in [0.717, 1.165) is 5.82 Å². The molecule has 0 aliphatic heterocycles. The van der Waals surface area contributed by atoms with E-state index in [9.17, 15) is 4.79 Å². The molecule has 1 heterocycles. The fourth-order valence-electron chi connectivity index (χ4n) is 2.91. The molecule has 0 saturated heterocycles. The molecule has 23 heavy (non-hydrogen) atoms. The molecule has 5 nitrogen and oxygen atoms in total. The largest absolute Gasteiger partial charge is 0.371 e. The monoisotopic (exact) mass is 315 g/mol. The molecule has 0 aliphatic carbocycles. The minimum Gasteiger partial charge on any atom is -0.371 e. The highest BCUT2D eigenvalue weighted by atomic mass is 16.5. The highest BCUT2D eigenvalue weighted by molar-refractivity contribution is 5.80. The van der Waals surface area contributed by atoms with E-state index in [1.807, 2.05) is 24.4 Å². The molecule has 2 aromatic rings. The van der Waals surface area contributed by atoms with Crippen LogP contribution in [0.2, 0.25) is 0 Å². The standard InChI is InChI=1S/C18H25N3O2/c1-18(2,3)14(15(23-4)16(19)22)17-20-10-11-21(17)12-13-8-6-5-7-9-13/h5-11,14-15H,12H2,1-4H3,(H2,19,22)/t14-,15?/m0/s1. The lowest BCUT2D eigenvalue weighted by Gasteiger charge is -2.34. The summed E-state index contributed by atoms with van der Waals surface area (Å²) in [4.78, 5) is 16.3. The number of benzene rings is 1. The molecule has 0 radical (unpaired) electrons. The van der Waals surface area contributed by atoms with Crippen LogP contribution in [0.25, 0.3) is 0 Å². The van der Waals surface area contributed by atoms with Crippen LogP contribution >= 0.6 is 0 Å². The van der Waals surface area contributed by atoms with Crippen LogP contribution in [0.1, 0.15) is 38.1 Å². The van der Waals surface area contributed by atoms with Crippen molar-refractivity contribution in [2.75, 3.05) is 7.11 Å². The van der Waals surface area contributed by atoms with Gasteiger partial charge >= 0.3 is 0 Å². The smallest absolute Gasteiger partial charge is 0.247 e. The van der Waals surface area contributed by atoms with Gasteiger partial charge in [-0.2, -0.15) is 0 Å². The summed E-state index contributed by atoms with van der Waals surface area (Å²) >= 11 is 0. The second kappa shape index (κ2) is 6.96. The number of methoxy groups -OCH3 is 1. The number of hydrogen-bond donors (Lipinski definition) is 1. The topological polar surface area (TPSA) is 70.1 Å². The molecule has 5 heteroatoms. The molecule has 2 rings (SSSR count). The quantitative estimate of drug-likeness (QED) is 0.890. The first-order valence-corrected chi connectivity index (χ1v) is 7.71. The van der Waals surface area contributed by atoms with Gasteiger partial charge in [-0.25, -0.2) is 4.98 Å². The predicted octanol–water partition coefficient (Wildman–Crippen LogP) is 2.56. The number of primary amides is 1. The molecule has 1 aromatic heterocycles. The average molecular weight is 315 g/mol. The molecule has 0 aliphatic rings. The number of hydrogen-bond acceptors (Lipinski definition) is 3. The maximum atomic E-state index is 11.8. The number of carbonyl (C=O) groups excluding carboxylic acids is 1. The number of nitrogens with zero attached hydrogens (tertiary/aromatic N) is 2. The fraction of sp³-hybridized carbons (Fsp3) is 0.444. The van der Waals surface area contributed by atoms with Gasteiger partial charge in [0.25, 0.3) is 0 Å². The number of ether oxygens (including phenoxy) is 1. The maximum absolute atomic E-state index is 11.8. The zero-order chi connectivity index (χ0) is 17.0. The van der Waals surface area contributed by atoms with E-state index in [0.29, 0.717) is 6.54 Å². The lowest BCUT2D eigenvalue weighted by atomic mass is 9.76. The summed E-state index contributed by atoms with van der Waals surface area (Å²) in [6.45, 7) is 6.88. The van der Waals surface area contributed by atoms with E-state index in [2.05, 4.69) is 42.5 Å². The van der Waals surface area contributed by atoms with Crippen molar-refractivity contribution in [3.05, 3.63) is 54.1 Å². The van der Waals surface area contributed by atoms with Gasteiger partial charge in [0, 0.05) is 26.0 Å². The zero-order valence-corrected chi connectivity index (χ0v) is 14.2. The number of carbonyl (C=O) groups is 1. The third kappa shape index (κ3) is 3.99. The van der Waals surface area contributed by atoms with Gasteiger partial charge < -0.3 is 15.0 Å². The van der Waals surface area contributed by atoms with Crippen molar-refractivity contribution in [2.24, 2.45) is 11.1 Å². The molecule has 0 spiro atoms. The third-order valence-electron chi connectivity index (χ3n) is 3.99. The summed E-state index contributed by atoms with van der Waals surface area (Å²) in [7, 11) is 1.51. The highest BCUT2D eigenvalue weighted by Crippen LogP contribution is 2.38. The van der Waals surface area contributed by atoms with Gasteiger partial charge in [0.1, 0.15) is 11.9 Å². The zero-order valence-electron chi connectivity index (χ0n) is 14.2. The number of aromatic nitrogens is 2. The summed E-state index contributed by atoms with van der Waals surface area (Å²) in [5.41, 5.74) is 6.50. The Bertz CT molecular complexity index is 644. The molecule has 1 unspecified atom stereocenters. The van der Waals surface area contributed by atoms with E-state index < -0.39 is 12.0 Å². The van der Waals surface area contributed by atoms with Crippen molar-refractivity contribution in [2.45, 2.75) is 39.3 Å². The summed E-state index contributed by atoms with van der Waals surface area (Å²) in [5.74, 6) is 0.109. The third-order valence-corrected chi connectivity index (χ3v) is 3.99. The Hall–Kier alpha value is -2.14. The van der Waals surface area contributed by atoms with Gasteiger partial charge in [-0.05, 0) is 11.0 Å². The average Bonchev–Trinajstić information content (AvgIpc) is 2.91. The van der Waals surface area contributed by atoms with E-state index in [-0.39, 0.29) is 11.3 Å². The van der Waals surface area contributed by atoms with Crippen LogP contribution in [-0.4, -0.2) is 28.7 Å². The second-order valence-corrected chi connectivity index (χ2v) is 6.80. The van der Waals surface area contributed by atoms with Crippen LogP contribution in [0.3, 0.4) is 0 Å². The Morgan fingerprint density at radius 2 is 1.96 bits per heavy atom. The van der Waals surface area contributed by atoms with Gasteiger partial charge in [-0.15, -0.1) is 0 Å². The Labute approximate surface area is 137 Å². The van der Waals surface area contributed by atoms with E-state index in [4.69, 9.17) is 10.5 Å². The van der Waals surface area contributed by atoms with Crippen molar-refractivity contribution < 1.29 is 9.53 Å². The van der Waals surface area contributed by atoms with Crippen LogP contribution in [-0.2, 0) is 16.1 Å². The number of imidazole rings is 1. The Morgan fingerprint density at radius 1 is 1.30 bits per heavy atom. The Balaban J connectivity index is 2.41. The lowest BCUT2D eigenvalue weighted by Crippen LogP contribution is -2.42. The summed E-state index contributed by atoms with van der Waals surface area (Å²) in [6.07, 6.45) is 2.96. The van der Waals surface area contributed by atoms with Crippen molar-refractivity contribution in [1.82, 2.24) is 9.55 Å². The first-order chi connectivity index (χ1) is 10.8. The van der Waals surface area contributed by atoms with Gasteiger partial charge in [-0.1, -0.05) is 51.1 Å². The number of rotatable bonds is 6. The second-order valence-electron chi connectivity index (χ2n) is 6.80. The predicted molar refractivity (Wildman–Crippen MR) is 90.0 cm³/mol. The molecule has 0 fully saturated rings. The van der Waals surface area contributed by atoms with Crippen molar-refractivity contribution in [3.63, 3.8) is 0 Å². The number of nitrogens with two attached hydrogens (primary N) is 1. The summed E-state index contributed by atoms with van der Waals surface area (Å²) < 4.78 is 7.46. The highest BCUT2D eigenvalue weighted by Gasteiger charge is 2.39. The van der Waals surface area contributed by atoms with E-state index >= 15 is 0 Å². The fourth-order valence-corrected chi connectivity index (χ4v) is 2.91. The van der Waals surface area contributed by atoms with Gasteiger partial charge in [0.15, 0.2) is 0 Å². The van der Waals surface area contributed by atoms with E-state index in [1.54, 1.807) is 6.20 Å². The van der Waals surface area contributed by atoms with Gasteiger partial charge in [0.2, 0.25) is 5.91 Å². The maximum Gasteiger partial charge on any atom is 0.247 e. The van der Waals surface area contributed by atoms with Crippen LogP contribution in [0.15, 0.2) is 42.7 Å². The normalized spacial score (nSPS) is 14.4. The Kier molecular flexibility index (Phi) is 5.21.